The molecule has 2 rings (SSSR count). The Morgan fingerprint density at radius 2 is 2.30 bits per heavy atom. The van der Waals surface area contributed by atoms with E-state index in [1.54, 1.807) is 7.11 Å². The molecule has 3 nitrogen and oxygen atoms in total. The molecular weight excluding hydrogens is 272 g/mol. The predicted molar refractivity (Wildman–Crippen MR) is 84.6 cm³/mol. The van der Waals surface area contributed by atoms with Gasteiger partial charge in [-0.3, -0.25) is 4.90 Å². The van der Waals surface area contributed by atoms with Gasteiger partial charge in [0.15, 0.2) is 0 Å². The Balaban J connectivity index is 2.12. The average molecular weight is 297 g/mol. The largest absolute Gasteiger partial charge is 0.496 e. The molecule has 1 saturated heterocycles. The van der Waals surface area contributed by atoms with Crippen LogP contribution in [0.1, 0.15) is 31.7 Å². The van der Waals surface area contributed by atoms with Crippen molar-refractivity contribution in [2.75, 3.05) is 26.7 Å². The third-order valence-electron chi connectivity index (χ3n) is 3.91. The van der Waals surface area contributed by atoms with E-state index in [-0.39, 0.29) is 0 Å². The van der Waals surface area contributed by atoms with Crippen molar-refractivity contribution < 1.29 is 4.74 Å². The van der Waals surface area contributed by atoms with Crippen molar-refractivity contribution in [1.82, 2.24) is 10.2 Å². The molecule has 1 aromatic carbocycles. The second kappa shape index (κ2) is 7.87. The van der Waals surface area contributed by atoms with E-state index >= 15 is 0 Å². The first kappa shape index (κ1) is 15.6. The zero-order chi connectivity index (χ0) is 14.4. The van der Waals surface area contributed by atoms with E-state index in [4.69, 9.17) is 16.3 Å². The molecule has 0 spiro atoms. The Labute approximate surface area is 127 Å². The number of hydrogen-bond acceptors (Lipinski definition) is 3. The fourth-order valence-corrected chi connectivity index (χ4v) is 3.11. The van der Waals surface area contributed by atoms with Crippen LogP contribution in [-0.2, 0) is 6.54 Å². The highest BCUT2D eigenvalue weighted by Crippen LogP contribution is 2.25. The first-order chi connectivity index (χ1) is 9.74. The molecule has 0 aromatic heterocycles. The minimum atomic E-state index is 0.618. The quantitative estimate of drug-likeness (QED) is 0.871. The summed E-state index contributed by atoms with van der Waals surface area (Å²) in [7, 11) is 1.72. The molecule has 1 aliphatic rings. The van der Waals surface area contributed by atoms with E-state index in [1.807, 2.05) is 18.2 Å². The lowest BCUT2D eigenvalue weighted by Gasteiger charge is -2.35. The highest BCUT2D eigenvalue weighted by atomic mass is 35.5. The summed E-state index contributed by atoms with van der Waals surface area (Å²) in [4.78, 5) is 2.56. The number of hydrogen-bond donors (Lipinski definition) is 1. The summed E-state index contributed by atoms with van der Waals surface area (Å²) < 4.78 is 5.47. The van der Waals surface area contributed by atoms with Gasteiger partial charge < -0.3 is 10.1 Å². The third-order valence-corrected chi connectivity index (χ3v) is 4.15. The molecule has 1 heterocycles. The molecule has 4 heteroatoms. The Morgan fingerprint density at radius 1 is 1.45 bits per heavy atom. The topological polar surface area (TPSA) is 24.5 Å². The summed E-state index contributed by atoms with van der Waals surface area (Å²) in [5, 5.41) is 4.28. The van der Waals surface area contributed by atoms with Gasteiger partial charge in [0.25, 0.3) is 0 Å². The van der Waals surface area contributed by atoms with Gasteiger partial charge in [0.05, 0.1) is 7.11 Å². The van der Waals surface area contributed by atoms with Gasteiger partial charge in [-0.1, -0.05) is 18.5 Å². The second-order valence-corrected chi connectivity index (χ2v) is 5.86. The molecule has 1 fully saturated rings. The second-order valence-electron chi connectivity index (χ2n) is 5.43. The van der Waals surface area contributed by atoms with Gasteiger partial charge in [-0.25, -0.2) is 0 Å². The smallest absolute Gasteiger partial charge is 0.123 e. The van der Waals surface area contributed by atoms with Crippen molar-refractivity contribution in [3.63, 3.8) is 0 Å². The third kappa shape index (κ3) is 4.11. The molecule has 1 N–H and O–H groups in total. The van der Waals surface area contributed by atoms with Crippen LogP contribution in [-0.4, -0.2) is 37.7 Å². The number of benzene rings is 1. The highest BCUT2D eigenvalue weighted by Gasteiger charge is 2.21. The van der Waals surface area contributed by atoms with E-state index in [9.17, 15) is 0 Å². The molecular formula is C16H25ClN2O. The lowest BCUT2D eigenvalue weighted by molar-refractivity contribution is 0.156. The first-order valence-corrected chi connectivity index (χ1v) is 7.89. The van der Waals surface area contributed by atoms with E-state index in [2.05, 4.69) is 17.1 Å². The fourth-order valence-electron chi connectivity index (χ4n) is 2.91. The number of methoxy groups -OCH3 is 1. The van der Waals surface area contributed by atoms with Crippen molar-refractivity contribution in [3.05, 3.63) is 28.8 Å². The van der Waals surface area contributed by atoms with Crippen LogP contribution in [0.25, 0.3) is 0 Å². The molecule has 0 saturated carbocycles. The van der Waals surface area contributed by atoms with Gasteiger partial charge in [-0.05, 0) is 50.6 Å². The number of nitrogens with zero attached hydrogens (tertiary/aromatic N) is 1. The molecule has 0 bridgehead atoms. The predicted octanol–water partition coefficient (Wildman–Crippen LogP) is 3.31. The van der Waals surface area contributed by atoms with Gasteiger partial charge >= 0.3 is 0 Å². The van der Waals surface area contributed by atoms with Crippen molar-refractivity contribution in [2.45, 2.75) is 38.8 Å². The lowest BCUT2D eigenvalue weighted by atomic mass is 10.0. The summed E-state index contributed by atoms with van der Waals surface area (Å²) >= 11 is 6.13. The molecule has 0 amide bonds. The van der Waals surface area contributed by atoms with Crippen LogP contribution in [0.5, 0.6) is 5.75 Å². The molecule has 1 aromatic rings. The number of nitrogens with one attached hydrogen (secondary N) is 1. The van der Waals surface area contributed by atoms with Crippen LogP contribution < -0.4 is 10.1 Å². The normalized spacial score (nSPS) is 19.3. The number of halogens is 1. The minimum absolute atomic E-state index is 0.618. The molecule has 1 atom stereocenters. The maximum absolute atomic E-state index is 6.13. The Morgan fingerprint density at radius 3 is 2.95 bits per heavy atom. The van der Waals surface area contributed by atoms with E-state index < -0.39 is 0 Å². The summed E-state index contributed by atoms with van der Waals surface area (Å²) in [6.07, 6.45) is 3.70. The lowest BCUT2D eigenvalue weighted by Crippen LogP contribution is -2.45. The maximum Gasteiger partial charge on any atom is 0.123 e. The number of rotatable bonds is 6. The molecule has 0 radical (unpaired) electrons. The summed E-state index contributed by atoms with van der Waals surface area (Å²) in [6, 6.07) is 6.49. The zero-order valence-electron chi connectivity index (χ0n) is 12.5. The molecule has 1 aliphatic heterocycles. The van der Waals surface area contributed by atoms with Crippen LogP contribution in [0, 0.1) is 0 Å². The van der Waals surface area contributed by atoms with Crippen molar-refractivity contribution in [3.8, 4) is 5.75 Å². The fraction of sp³-hybridized carbons (Fsp3) is 0.625. The average Bonchev–Trinajstić information content (AvgIpc) is 2.48. The SMILES string of the molecule is CCCN(Cc1cc(Cl)ccc1OC)C1CCCNC1. The van der Waals surface area contributed by atoms with E-state index in [0.717, 1.165) is 37.0 Å². The van der Waals surface area contributed by atoms with E-state index in [1.165, 1.54) is 24.8 Å². The molecule has 112 valence electrons. The van der Waals surface area contributed by atoms with Gasteiger partial charge in [0.2, 0.25) is 0 Å². The summed E-state index contributed by atoms with van der Waals surface area (Å²) in [5.41, 5.74) is 1.18. The van der Waals surface area contributed by atoms with Crippen molar-refractivity contribution in [2.24, 2.45) is 0 Å². The Hall–Kier alpha value is -0.770. The van der Waals surface area contributed by atoms with E-state index in [0.29, 0.717) is 6.04 Å². The van der Waals surface area contributed by atoms with Crippen molar-refractivity contribution >= 4 is 11.6 Å². The summed E-state index contributed by atoms with van der Waals surface area (Å²) in [6.45, 7) is 6.49. The molecule has 20 heavy (non-hydrogen) atoms. The number of ether oxygens (including phenoxy) is 1. The van der Waals surface area contributed by atoms with Gasteiger partial charge in [0.1, 0.15) is 5.75 Å². The van der Waals surface area contributed by atoms with Crippen molar-refractivity contribution in [1.29, 1.82) is 0 Å². The van der Waals surface area contributed by atoms with Crippen LogP contribution in [0.2, 0.25) is 5.02 Å². The Kier molecular flexibility index (Phi) is 6.14. The summed E-state index contributed by atoms with van der Waals surface area (Å²) in [5.74, 6) is 0.930. The Bertz CT molecular complexity index is 419. The first-order valence-electron chi connectivity index (χ1n) is 7.51. The number of piperidine rings is 1. The van der Waals surface area contributed by atoms with Crippen LogP contribution in [0.4, 0.5) is 0 Å². The van der Waals surface area contributed by atoms with Crippen LogP contribution in [0.3, 0.4) is 0 Å². The monoisotopic (exact) mass is 296 g/mol. The van der Waals surface area contributed by atoms with Gasteiger partial charge in [-0.2, -0.15) is 0 Å². The standard InChI is InChI=1S/C16H25ClN2O/c1-3-9-19(15-5-4-8-18-11-15)12-13-10-14(17)6-7-16(13)20-2/h6-7,10,15,18H,3-5,8-9,11-12H2,1-2H3. The maximum atomic E-state index is 6.13. The molecule has 1 unspecified atom stereocenters. The molecule has 0 aliphatic carbocycles. The van der Waals surface area contributed by atoms with Crippen LogP contribution >= 0.6 is 11.6 Å². The van der Waals surface area contributed by atoms with Crippen LogP contribution in [0.15, 0.2) is 18.2 Å². The zero-order valence-corrected chi connectivity index (χ0v) is 13.2. The minimum Gasteiger partial charge on any atom is -0.496 e. The highest BCUT2D eigenvalue weighted by molar-refractivity contribution is 6.30. The van der Waals surface area contributed by atoms with Gasteiger partial charge in [-0.15, -0.1) is 0 Å². The van der Waals surface area contributed by atoms with Gasteiger partial charge in [0, 0.05) is 29.7 Å².